The quantitative estimate of drug-likeness (QED) is 0.187. The summed E-state index contributed by atoms with van der Waals surface area (Å²) in [4.78, 5) is 45.4. The van der Waals surface area contributed by atoms with E-state index in [4.69, 9.17) is 37.9 Å². The van der Waals surface area contributed by atoms with Crippen molar-refractivity contribution in [3.05, 3.63) is 0 Å². The van der Waals surface area contributed by atoms with Gasteiger partial charge in [0.25, 0.3) is 0 Å². The molecule has 0 aromatic rings. The number of aliphatic hydroxyl groups is 5. The zero-order valence-corrected chi connectivity index (χ0v) is 41.8. The number of carbonyl (C=O) groups is 3. The van der Waals surface area contributed by atoms with E-state index in [-0.39, 0.29) is 50.3 Å². The summed E-state index contributed by atoms with van der Waals surface area (Å²) in [7, 11) is 7.40. The molecule has 65 heavy (non-hydrogen) atoms. The van der Waals surface area contributed by atoms with Crippen LogP contribution < -0.4 is 0 Å². The first kappa shape index (κ1) is 55.7. The van der Waals surface area contributed by atoms with Crippen molar-refractivity contribution in [2.45, 2.75) is 230 Å². The second-order valence-corrected chi connectivity index (χ2v) is 20.7. The molecule has 22 unspecified atom stereocenters. The maximum Gasteiger partial charge on any atom is 0.311 e. The number of carbonyl (C=O) groups excluding carboxylic acids is 3. The lowest BCUT2D eigenvalue weighted by Gasteiger charge is -2.51. The zero-order chi connectivity index (χ0) is 49.3. The molecule has 0 radical (unpaired) electrons. The first-order valence-electron chi connectivity index (χ1n) is 23.7. The first-order valence-corrected chi connectivity index (χ1v) is 23.7. The second kappa shape index (κ2) is 22.2. The molecule has 4 saturated heterocycles. The van der Waals surface area contributed by atoms with Gasteiger partial charge in [0.2, 0.25) is 0 Å². The second-order valence-electron chi connectivity index (χ2n) is 20.7. The minimum absolute atomic E-state index is 0.0577. The monoisotopic (exact) mass is 933 g/mol. The molecule has 4 aliphatic rings. The summed E-state index contributed by atoms with van der Waals surface area (Å²) in [5.41, 5.74) is -5.26. The number of ether oxygens (including phenoxy) is 8. The van der Waals surface area contributed by atoms with Crippen molar-refractivity contribution in [3.63, 3.8) is 0 Å². The van der Waals surface area contributed by atoms with E-state index in [2.05, 4.69) is 0 Å². The number of cyclic esters (lactones) is 1. The third kappa shape index (κ3) is 12.7. The molecule has 0 aliphatic carbocycles. The summed E-state index contributed by atoms with van der Waals surface area (Å²) in [6.07, 6.45) is -13.0. The van der Waals surface area contributed by atoms with Crippen LogP contribution in [0.4, 0.5) is 0 Å². The van der Waals surface area contributed by atoms with E-state index in [1.54, 1.807) is 55.4 Å². The molecule has 18 nitrogen and oxygen atoms in total. The molecule has 22 atom stereocenters. The summed E-state index contributed by atoms with van der Waals surface area (Å²) >= 11 is 0. The van der Waals surface area contributed by atoms with Crippen molar-refractivity contribution in [2.75, 3.05) is 28.2 Å². The van der Waals surface area contributed by atoms with E-state index in [0.29, 0.717) is 6.42 Å². The van der Waals surface area contributed by atoms with Crippen molar-refractivity contribution < 1.29 is 77.8 Å². The van der Waals surface area contributed by atoms with Crippen LogP contribution in [-0.4, -0.2) is 190 Å². The first-order chi connectivity index (χ1) is 30.0. The fraction of sp³-hybridized carbons (Fsp3) is 0.936. The number of likely N-dealkylation sites (N-methyl/N-ethyl adjacent to an activating group) is 2. The minimum atomic E-state index is -2.07. The molecule has 378 valence electrons. The molecule has 4 rings (SSSR count). The third-order valence-corrected chi connectivity index (χ3v) is 14.6. The SMILES string of the molecule is CCC(=O)OC1C(C)OC(OC2C(C)C(=O)OC(CC)C(C)(O)C(O)C(C)C(=O)C(C)CC(C)(OC3CC(N(C)C)C(O)C(C)O3)C(OC3OC(C)CC(N(C)C)C3O)C2C)CC1(C)O. The normalized spacial score (nSPS) is 47.6. The van der Waals surface area contributed by atoms with Crippen molar-refractivity contribution in [3.8, 4) is 0 Å². The highest BCUT2D eigenvalue weighted by Crippen LogP contribution is 2.43. The van der Waals surface area contributed by atoms with Crippen molar-refractivity contribution >= 4 is 17.7 Å². The Hall–Kier alpha value is -1.91. The van der Waals surface area contributed by atoms with Crippen LogP contribution in [0.1, 0.15) is 122 Å². The van der Waals surface area contributed by atoms with Crippen LogP contribution in [0.15, 0.2) is 0 Å². The van der Waals surface area contributed by atoms with Crippen LogP contribution in [0.3, 0.4) is 0 Å². The summed E-state index contributed by atoms with van der Waals surface area (Å²) in [5, 5.41) is 58.6. The average molecular weight is 933 g/mol. The molecule has 0 amide bonds. The van der Waals surface area contributed by atoms with Gasteiger partial charge < -0.3 is 73.2 Å². The topological polar surface area (TPSA) is 233 Å². The molecule has 0 spiro atoms. The lowest BCUT2D eigenvalue weighted by atomic mass is 9.73. The number of ketones is 1. The van der Waals surface area contributed by atoms with Gasteiger partial charge in [-0.15, -0.1) is 0 Å². The Kier molecular flexibility index (Phi) is 19.0. The minimum Gasteiger partial charge on any atom is -0.459 e. The van der Waals surface area contributed by atoms with E-state index in [1.807, 2.05) is 44.9 Å². The van der Waals surface area contributed by atoms with Crippen LogP contribution in [0.25, 0.3) is 0 Å². The van der Waals surface area contributed by atoms with Crippen LogP contribution in [-0.2, 0) is 52.3 Å². The van der Waals surface area contributed by atoms with Crippen LogP contribution in [0.5, 0.6) is 0 Å². The lowest BCUT2D eigenvalue weighted by molar-refractivity contribution is -0.340. The molecule has 4 heterocycles. The standard InChI is InChI=1S/C47H84N2O16/c1-17-32-47(12,57)40(54)25(5)36(51)23(3)21-46(11,65-34-20-31(49(15)16)37(52)28(8)59-34)41(64-44-38(53)30(48(13)14)19-24(4)58-44)26(6)39(27(7)43(55)61-32)63-35-22-45(10,56)42(29(9)60-35)62-33(50)18-2/h23-32,34-35,37-42,44,52-54,56-57H,17-22H2,1-16H3. The Labute approximate surface area is 386 Å². The molecule has 0 saturated carbocycles. The number of rotatable bonds is 11. The van der Waals surface area contributed by atoms with Crippen molar-refractivity contribution in [1.82, 2.24) is 9.80 Å². The molecule has 18 heteroatoms. The van der Waals surface area contributed by atoms with Gasteiger partial charge in [-0.1, -0.05) is 34.6 Å². The van der Waals surface area contributed by atoms with Crippen LogP contribution >= 0.6 is 0 Å². The zero-order valence-electron chi connectivity index (χ0n) is 41.8. The number of hydrogen-bond donors (Lipinski definition) is 5. The largest absolute Gasteiger partial charge is 0.459 e. The molecular formula is C47H84N2O16. The van der Waals surface area contributed by atoms with Crippen molar-refractivity contribution in [1.29, 1.82) is 0 Å². The number of nitrogens with zero attached hydrogens (tertiary/aromatic N) is 2. The van der Waals surface area contributed by atoms with Gasteiger partial charge in [0, 0.05) is 49.1 Å². The number of esters is 2. The maximum absolute atomic E-state index is 14.6. The van der Waals surface area contributed by atoms with Gasteiger partial charge in [0.05, 0.1) is 54.2 Å². The fourth-order valence-electron chi connectivity index (χ4n) is 10.7. The highest BCUT2D eigenvalue weighted by molar-refractivity contribution is 5.83. The van der Waals surface area contributed by atoms with Gasteiger partial charge in [0.1, 0.15) is 29.2 Å². The van der Waals surface area contributed by atoms with Gasteiger partial charge in [-0.2, -0.15) is 0 Å². The molecule has 4 fully saturated rings. The third-order valence-electron chi connectivity index (χ3n) is 14.6. The van der Waals surface area contributed by atoms with Gasteiger partial charge in [-0.3, -0.25) is 14.4 Å². The molecule has 0 aromatic heterocycles. The fourth-order valence-corrected chi connectivity index (χ4v) is 10.7. The van der Waals surface area contributed by atoms with E-state index >= 15 is 0 Å². The van der Waals surface area contributed by atoms with Gasteiger partial charge in [-0.05, 0) is 95.9 Å². The summed E-state index contributed by atoms with van der Waals surface area (Å²) in [5.74, 6) is -5.80. The lowest BCUT2D eigenvalue weighted by Crippen LogP contribution is -2.63. The summed E-state index contributed by atoms with van der Waals surface area (Å²) < 4.78 is 51.8. The Balaban J connectivity index is 1.96. The predicted octanol–water partition coefficient (Wildman–Crippen LogP) is 2.54. The van der Waals surface area contributed by atoms with Gasteiger partial charge in [0.15, 0.2) is 25.0 Å². The predicted molar refractivity (Wildman–Crippen MR) is 237 cm³/mol. The van der Waals surface area contributed by atoms with E-state index < -0.39 is 132 Å². The van der Waals surface area contributed by atoms with Crippen molar-refractivity contribution in [2.24, 2.45) is 23.7 Å². The van der Waals surface area contributed by atoms with E-state index in [1.165, 1.54) is 20.8 Å². The van der Waals surface area contributed by atoms with E-state index in [0.717, 1.165) is 0 Å². The molecular weight excluding hydrogens is 849 g/mol. The van der Waals surface area contributed by atoms with E-state index in [9.17, 15) is 39.9 Å². The van der Waals surface area contributed by atoms with Gasteiger partial charge >= 0.3 is 11.9 Å². The van der Waals surface area contributed by atoms with Crippen LogP contribution in [0.2, 0.25) is 0 Å². The Bertz CT molecular complexity index is 1580. The Morgan fingerprint density at radius 2 is 1.34 bits per heavy atom. The summed E-state index contributed by atoms with van der Waals surface area (Å²) in [6, 6.07) is -0.772. The Morgan fingerprint density at radius 1 is 0.754 bits per heavy atom. The highest BCUT2D eigenvalue weighted by atomic mass is 16.7. The molecule has 4 aliphatic heterocycles. The smallest absolute Gasteiger partial charge is 0.311 e. The number of aliphatic hydroxyl groups excluding tert-OH is 3. The molecule has 5 N–H and O–H groups in total. The maximum atomic E-state index is 14.6. The summed E-state index contributed by atoms with van der Waals surface area (Å²) in [6.45, 7) is 19.8. The highest BCUT2D eigenvalue weighted by Gasteiger charge is 2.56. The molecule has 0 aromatic carbocycles. The average Bonchev–Trinajstić information content (AvgIpc) is 3.21. The molecule has 0 bridgehead atoms. The Morgan fingerprint density at radius 3 is 1.89 bits per heavy atom. The number of hydrogen-bond acceptors (Lipinski definition) is 18. The van der Waals surface area contributed by atoms with Gasteiger partial charge in [-0.25, -0.2) is 0 Å². The number of Topliss-reactive ketones (excluding diaryl/α,β-unsaturated/α-hetero) is 1. The van der Waals surface area contributed by atoms with Crippen LogP contribution in [0, 0.1) is 23.7 Å².